The van der Waals surface area contributed by atoms with Crippen molar-refractivity contribution in [2.75, 3.05) is 112 Å². The van der Waals surface area contributed by atoms with Crippen LogP contribution in [0.3, 0.4) is 0 Å². The Labute approximate surface area is 482 Å². The number of benzene rings is 4. The third kappa shape index (κ3) is 20.7. The van der Waals surface area contributed by atoms with Gasteiger partial charge >= 0.3 is 12.1 Å². The predicted octanol–water partition coefficient (Wildman–Crippen LogP) is 8.81. The first-order valence-electron chi connectivity index (χ1n) is 26.7. The number of sulfone groups is 1. The smallest absolute Gasteiger partial charge is 0.314 e. The van der Waals surface area contributed by atoms with Crippen LogP contribution in [0, 0.1) is 5.92 Å². The number of ether oxygens (including phenoxy) is 4. The number of nitrogens with one attached hydrogen (secondary N) is 6. The van der Waals surface area contributed by atoms with Crippen LogP contribution in [0.1, 0.15) is 90.7 Å². The van der Waals surface area contributed by atoms with Gasteiger partial charge in [0.15, 0.2) is 9.84 Å². The van der Waals surface area contributed by atoms with E-state index in [1.807, 2.05) is 48.5 Å². The van der Waals surface area contributed by atoms with E-state index in [-0.39, 0.29) is 34.7 Å². The maximum atomic E-state index is 13.6. The number of hydrogen-bond donors (Lipinski definition) is 6. The van der Waals surface area contributed by atoms with E-state index in [2.05, 4.69) is 56.0 Å². The fourth-order valence-corrected chi connectivity index (χ4v) is 13.1. The van der Waals surface area contributed by atoms with Crippen LogP contribution in [-0.2, 0) is 51.5 Å². The number of carbonyl (C=O) groups excluding carboxylic acids is 2. The normalized spacial score (nSPS) is 17.6. The zero-order valence-corrected chi connectivity index (χ0v) is 49.4. The van der Waals surface area contributed by atoms with Gasteiger partial charge in [0.05, 0.1) is 67.5 Å². The molecule has 1 heterocycles. The molecule has 1 aliphatic carbocycles. The molecule has 0 fully saturated rings. The summed E-state index contributed by atoms with van der Waals surface area (Å²) in [4.78, 5) is 27.4. The van der Waals surface area contributed by atoms with Crippen molar-refractivity contribution in [3.8, 4) is 0 Å². The summed E-state index contributed by atoms with van der Waals surface area (Å²) in [6.07, 6.45) is 6.26. The summed E-state index contributed by atoms with van der Waals surface area (Å²) >= 11 is 26.1. The average Bonchev–Trinajstić information content (AvgIpc) is 3.50. The van der Waals surface area contributed by atoms with Gasteiger partial charge in [-0.25, -0.2) is 26.9 Å². The first-order chi connectivity index (χ1) is 37.5. The maximum Gasteiger partial charge on any atom is 0.314 e. The van der Waals surface area contributed by atoms with Gasteiger partial charge in [-0.3, -0.25) is 0 Å². The molecule has 4 amide bonds. The molecule has 4 aromatic rings. The molecular formula is C56H77Cl4N7O9S2. The van der Waals surface area contributed by atoms with Crippen LogP contribution in [-0.4, -0.2) is 147 Å². The third-order valence-corrected chi connectivity index (χ3v) is 18.0. The number of hydrogen-bond acceptors (Lipinski definition) is 11. The molecule has 2 aliphatic rings. The highest BCUT2D eigenvalue weighted by atomic mass is 35.5. The number of urea groups is 2. The largest absolute Gasteiger partial charge is 0.378 e. The highest BCUT2D eigenvalue weighted by molar-refractivity contribution is 7.98. The van der Waals surface area contributed by atoms with Crippen LogP contribution >= 0.6 is 46.4 Å². The number of fused-ring (bicyclic) bond motifs is 2. The maximum absolute atomic E-state index is 13.6. The van der Waals surface area contributed by atoms with Gasteiger partial charge in [-0.1, -0.05) is 90.4 Å². The summed E-state index contributed by atoms with van der Waals surface area (Å²) < 4.78 is 65.7. The summed E-state index contributed by atoms with van der Waals surface area (Å²) in [6.45, 7) is 8.52. The van der Waals surface area contributed by atoms with Crippen molar-refractivity contribution in [2.45, 2.75) is 80.0 Å². The van der Waals surface area contributed by atoms with E-state index in [1.54, 1.807) is 24.3 Å². The standard InChI is InChI=1S/C56H77Cl4N7O9S2/c1-40-9-6-14-47(49-33-43(57)35-53(59)48(49)16-15-40)41-10-8-13-46(32-41)78(71,72)39-61-19-23-73-27-28-74-24-20-64-55(68)62-17-4-5-18-63-56(69)65-21-25-75-29-30-76-26-22-66-77(3,70)45-12-7-11-42(31-45)51-37-67(2)38-52-50(51)34-44(58)36-54(52)60/h7-8,10-13,31-36,40,47,51,61H,3-6,9,14-30,37-39H2,1-2H3,(H,66,70)(H2,62,64,68)(H2,63,65,69). The van der Waals surface area contributed by atoms with Crippen LogP contribution < -0.4 is 31.3 Å². The third-order valence-electron chi connectivity index (χ3n) is 13.7. The van der Waals surface area contributed by atoms with E-state index in [9.17, 15) is 22.2 Å². The summed E-state index contributed by atoms with van der Waals surface area (Å²) in [5, 5.41) is 16.5. The lowest BCUT2D eigenvalue weighted by molar-refractivity contribution is 0.0508. The summed E-state index contributed by atoms with van der Waals surface area (Å²) in [5.41, 5.74) is 6.26. The van der Waals surface area contributed by atoms with Gasteiger partial charge in [-0.15, -0.1) is 0 Å². The van der Waals surface area contributed by atoms with E-state index in [0.29, 0.717) is 136 Å². The van der Waals surface area contributed by atoms with E-state index < -0.39 is 19.5 Å². The summed E-state index contributed by atoms with van der Waals surface area (Å²) in [7, 11) is -4.36. The highest BCUT2D eigenvalue weighted by Gasteiger charge is 2.28. The lowest BCUT2D eigenvalue weighted by Gasteiger charge is -2.33. The molecule has 16 nitrogen and oxygen atoms in total. The van der Waals surface area contributed by atoms with Crippen LogP contribution in [0.15, 0.2) is 82.6 Å². The molecule has 0 saturated carbocycles. The molecule has 0 radical (unpaired) electrons. The number of carbonyl (C=O) groups is 2. The number of nitrogens with zero attached hydrogens (tertiary/aromatic N) is 1. The van der Waals surface area contributed by atoms with Crippen molar-refractivity contribution in [3.63, 3.8) is 0 Å². The van der Waals surface area contributed by atoms with Gasteiger partial charge < -0.3 is 50.4 Å². The fourth-order valence-electron chi connectivity index (χ4n) is 9.59. The Balaban J connectivity index is 0.710. The van der Waals surface area contributed by atoms with Gasteiger partial charge in [0.2, 0.25) is 0 Å². The molecule has 6 N–H and O–H groups in total. The second-order valence-electron chi connectivity index (χ2n) is 19.8. The molecule has 0 bridgehead atoms. The molecule has 4 unspecified atom stereocenters. The molecule has 1 aliphatic heterocycles. The van der Waals surface area contributed by atoms with E-state index in [0.717, 1.165) is 78.6 Å². The number of likely N-dealkylation sites (N-methyl/N-ethyl adjacent to an activating group) is 1. The zero-order valence-electron chi connectivity index (χ0n) is 44.8. The van der Waals surface area contributed by atoms with Crippen molar-refractivity contribution < 1.29 is 41.2 Å². The van der Waals surface area contributed by atoms with Gasteiger partial charge in [0.1, 0.15) is 5.88 Å². The quantitative estimate of drug-likeness (QED) is 0.0216. The zero-order chi connectivity index (χ0) is 55.9. The van der Waals surface area contributed by atoms with Gasteiger partial charge in [-0.2, -0.15) is 0 Å². The minimum absolute atomic E-state index is 0.0109. The van der Waals surface area contributed by atoms with E-state index in [4.69, 9.17) is 65.4 Å². The van der Waals surface area contributed by atoms with Crippen LogP contribution in [0.2, 0.25) is 20.1 Å². The molecule has 78 heavy (non-hydrogen) atoms. The van der Waals surface area contributed by atoms with Crippen LogP contribution in [0.25, 0.3) is 0 Å². The number of halogens is 4. The topological polar surface area (TPSA) is 198 Å². The fraction of sp³-hybridized carbons (Fsp3) is 0.518. The molecule has 6 rings (SSSR count). The van der Waals surface area contributed by atoms with Crippen molar-refractivity contribution >= 4 is 83.9 Å². The Bertz CT molecular complexity index is 2800. The Morgan fingerprint density at radius 1 is 0.615 bits per heavy atom. The molecule has 4 aromatic carbocycles. The second kappa shape index (κ2) is 32.6. The van der Waals surface area contributed by atoms with Gasteiger partial charge in [0, 0.05) is 89.2 Å². The number of unbranched alkanes of at least 4 members (excludes halogenated alkanes) is 1. The number of rotatable bonds is 30. The van der Waals surface area contributed by atoms with E-state index in [1.165, 1.54) is 0 Å². The molecule has 0 spiro atoms. The lowest BCUT2D eigenvalue weighted by Crippen LogP contribution is -2.39. The van der Waals surface area contributed by atoms with Gasteiger partial charge in [0.25, 0.3) is 0 Å². The van der Waals surface area contributed by atoms with E-state index >= 15 is 0 Å². The Hall–Kier alpha value is -3.73. The predicted molar refractivity (Wildman–Crippen MR) is 314 cm³/mol. The first-order valence-corrected chi connectivity index (χ1v) is 31.6. The SMILES string of the molecule is C=S(=O)(NCCOCCOCCNC(=O)NCCCCNC(=O)NCCOCCOCCNCS(=O)(=O)c1cccc(C2CCCC(C)CCc3c(Cl)cc(Cl)cc32)c1)c1cccc(C2CN(C)Cc3c(Cl)cc(Cl)cc32)c1. The monoisotopic (exact) mass is 1200 g/mol. The van der Waals surface area contributed by atoms with Crippen LogP contribution in [0.5, 0.6) is 0 Å². The highest BCUT2D eigenvalue weighted by Crippen LogP contribution is 2.41. The first kappa shape index (κ1) is 63.5. The summed E-state index contributed by atoms with van der Waals surface area (Å²) in [6, 6.07) is 21.8. The molecule has 22 heteroatoms. The molecule has 4 atom stereocenters. The Morgan fingerprint density at radius 3 is 1.74 bits per heavy atom. The minimum atomic E-state index is -3.61. The molecular weight excluding hydrogens is 1120 g/mol. The lowest BCUT2D eigenvalue weighted by atomic mass is 9.84. The van der Waals surface area contributed by atoms with Crippen molar-refractivity contribution in [1.82, 2.24) is 36.2 Å². The Morgan fingerprint density at radius 2 is 1.13 bits per heavy atom. The van der Waals surface area contributed by atoms with Crippen molar-refractivity contribution in [2.24, 2.45) is 5.92 Å². The van der Waals surface area contributed by atoms with Gasteiger partial charge in [-0.05, 0) is 133 Å². The van der Waals surface area contributed by atoms with Crippen LogP contribution in [0.4, 0.5) is 9.59 Å². The second-order valence-corrected chi connectivity index (χ2v) is 25.6. The van der Waals surface area contributed by atoms with Crippen molar-refractivity contribution in [1.29, 1.82) is 0 Å². The molecule has 0 saturated heterocycles. The molecule has 0 aromatic heterocycles. The molecule has 430 valence electrons. The average molecular weight is 1200 g/mol. The summed E-state index contributed by atoms with van der Waals surface area (Å²) in [5.74, 6) is 4.35. The Kier molecular flexibility index (Phi) is 26.6. The minimum Gasteiger partial charge on any atom is -0.378 e. The van der Waals surface area contributed by atoms with Crippen molar-refractivity contribution in [3.05, 3.63) is 126 Å². The number of amides is 4.